The van der Waals surface area contributed by atoms with Crippen LogP contribution in [0, 0.1) is 5.41 Å². The summed E-state index contributed by atoms with van der Waals surface area (Å²) in [7, 11) is 3.97. The molecule has 6 nitrogen and oxygen atoms in total. The third-order valence-corrected chi connectivity index (χ3v) is 3.90. The fraction of sp³-hybridized carbons (Fsp3) is 0.833. The van der Waals surface area contributed by atoms with E-state index in [0.29, 0.717) is 18.2 Å². The highest BCUT2D eigenvalue weighted by Gasteiger charge is 2.35. The molecule has 1 atom stereocenters. The van der Waals surface area contributed by atoms with Gasteiger partial charge in [-0.3, -0.25) is 0 Å². The zero-order valence-corrected chi connectivity index (χ0v) is 12.8. The third-order valence-electron chi connectivity index (χ3n) is 2.89. The summed E-state index contributed by atoms with van der Waals surface area (Å²) in [6.07, 6.45) is 0. The third kappa shape index (κ3) is 4.91. The number of nitrogens with zero attached hydrogens (tertiary/aromatic N) is 2. The Labute approximate surface area is 118 Å². The summed E-state index contributed by atoms with van der Waals surface area (Å²) in [5, 5.41) is 11.9. The molecule has 1 aliphatic rings. The van der Waals surface area contributed by atoms with E-state index in [4.69, 9.17) is 5.11 Å². The number of amides is 2. The van der Waals surface area contributed by atoms with Crippen LogP contribution in [0.1, 0.15) is 13.8 Å². The van der Waals surface area contributed by atoms with Crippen molar-refractivity contribution < 1.29 is 14.7 Å². The molecule has 0 aliphatic carbocycles. The number of carbonyl (C=O) groups excluding carboxylic acids is 1. The molecular weight excluding hydrogens is 266 g/mol. The van der Waals surface area contributed by atoms with Gasteiger partial charge in [-0.2, -0.15) is 0 Å². The number of hydrogen-bond acceptors (Lipinski definition) is 4. The number of hydrogen-bond donors (Lipinski definition) is 2. The maximum Gasteiger partial charge on any atom is 0.327 e. The van der Waals surface area contributed by atoms with Gasteiger partial charge in [0.1, 0.15) is 6.04 Å². The number of rotatable bonds is 5. The molecule has 1 rings (SSSR count). The molecule has 2 N–H and O–H groups in total. The highest BCUT2D eigenvalue weighted by molar-refractivity contribution is 7.99. The number of aliphatic carboxylic acids is 1. The van der Waals surface area contributed by atoms with Crippen LogP contribution in [0.5, 0.6) is 0 Å². The first-order chi connectivity index (χ1) is 8.73. The Balaban J connectivity index is 2.49. The molecule has 110 valence electrons. The molecule has 0 aromatic carbocycles. The van der Waals surface area contributed by atoms with Crippen molar-refractivity contribution in [2.75, 3.05) is 38.8 Å². The molecule has 1 fully saturated rings. The van der Waals surface area contributed by atoms with E-state index in [2.05, 4.69) is 24.1 Å². The molecule has 1 saturated heterocycles. The van der Waals surface area contributed by atoms with E-state index in [0.717, 1.165) is 6.54 Å². The van der Waals surface area contributed by atoms with Crippen molar-refractivity contribution in [2.24, 2.45) is 5.41 Å². The van der Waals surface area contributed by atoms with Gasteiger partial charge in [0, 0.05) is 18.8 Å². The van der Waals surface area contributed by atoms with E-state index < -0.39 is 12.0 Å². The first-order valence-corrected chi connectivity index (χ1v) is 7.38. The minimum atomic E-state index is -0.937. The number of carboxylic acids is 1. The van der Waals surface area contributed by atoms with Gasteiger partial charge in [0.15, 0.2) is 0 Å². The van der Waals surface area contributed by atoms with Crippen LogP contribution in [0.2, 0.25) is 0 Å². The molecule has 19 heavy (non-hydrogen) atoms. The maximum absolute atomic E-state index is 12.0. The van der Waals surface area contributed by atoms with Crippen LogP contribution in [0.25, 0.3) is 0 Å². The lowest BCUT2D eigenvalue weighted by Crippen LogP contribution is -2.49. The van der Waals surface area contributed by atoms with Crippen LogP contribution in [0.4, 0.5) is 4.79 Å². The van der Waals surface area contributed by atoms with Crippen LogP contribution >= 0.6 is 11.8 Å². The molecule has 0 saturated carbocycles. The van der Waals surface area contributed by atoms with Crippen molar-refractivity contribution in [1.82, 2.24) is 15.1 Å². The average molecular weight is 289 g/mol. The van der Waals surface area contributed by atoms with Gasteiger partial charge in [-0.1, -0.05) is 13.8 Å². The monoisotopic (exact) mass is 289 g/mol. The van der Waals surface area contributed by atoms with Crippen LogP contribution in [-0.2, 0) is 4.79 Å². The van der Waals surface area contributed by atoms with Crippen molar-refractivity contribution in [1.29, 1.82) is 0 Å². The van der Waals surface area contributed by atoms with Crippen molar-refractivity contribution in [2.45, 2.75) is 19.9 Å². The van der Waals surface area contributed by atoms with Crippen LogP contribution < -0.4 is 5.32 Å². The van der Waals surface area contributed by atoms with Crippen molar-refractivity contribution in [3.8, 4) is 0 Å². The summed E-state index contributed by atoms with van der Waals surface area (Å²) >= 11 is 1.47. The highest BCUT2D eigenvalue weighted by atomic mass is 32.2. The Kier molecular flexibility index (Phi) is 5.49. The summed E-state index contributed by atoms with van der Waals surface area (Å²) in [4.78, 5) is 26.5. The standard InChI is InChI=1S/C12H23N3O3S/c1-12(2,7-14(3)4)6-13-11(18)15-8-19-5-9(15)10(16)17/h9H,5-8H2,1-4H3,(H,13,18)(H,16,17)/t9-/m0/s1. The second-order valence-electron chi connectivity index (χ2n) is 5.88. The van der Waals surface area contributed by atoms with Crippen LogP contribution in [-0.4, -0.2) is 71.8 Å². The SMILES string of the molecule is CN(C)CC(C)(C)CNC(=O)N1CSC[C@H]1C(=O)O. The van der Waals surface area contributed by atoms with Gasteiger partial charge in [-0.15, -0.1) is 11.8 Å². The first-order valence-electron chi connectivity index (χ1n) is 6.23. The van der Waals surface area contributed by atoms with Gasteiger partial charge in [0.05, 0.1) is 5.88 Å². The Hall–Kier alpha value is -0.950. The maximum atomic E-state index is 12.0. The van der Waals surface area contributed by atoms with E-state index in [1.165, 1.54) is 16.7 Å². The van der Waals surface area contributed by atoms with E-state index in [9.17, 15) is 9.59 Å². The Morgan fingerprint density at radius 1 is 1.47 bits per heavy atom. The minimum Gasteiger partial charge on any atom is -0.480 e. The fourth-order valence-corrected chi connectivity index (χ4v) is 3.32. The molecule has 1 aliphatic heterocycles. The van der Waals surface area contributed by atoms with Crippen molar-refractivity contribution >= 4 is 23.8 Å². The quantitative estimate of drug-likeness (QED) is 0.781. The van der Waals surface area contributed by atoms with Crippen molar-refractivity contribution in [3.63, 3.8) is 0 Å². The summed E-state index contributed by atoms with van der Waals surface area (Å²) < 4.78 is 0. The Morgan fingerprint density at radius 3 is 2.63 bits per heavy atom. The molecule has 0 spiro atoms. The molecule has 0 radical (unpaired) electrons. The number of carbonyl (C=O) groups is 2. The fourth-order valence-electron chi connectivity index (χ4n) is 2.18. The summed E-state index contributed by atoms with van der Waals surface area (Å²) in [6, 6.07) is -0.994. The van der Waals surface area contributed by atoms with Crippen molar-refractivity contribution in [3.05, 3.63) is 0 Å². The molecule has 0 bridgehead atoms. The van der Waals surface area contributed by atoms with Gasteiger partial charge in [0.25, 0.3) is 0 Å². The summed E-state index contributed by atoms with van der Waals surface area (Å²) in [5.41, 5.74) is -0.0508. The molecule has 1 heterocycles. The molecule has 0 aromatic rings. The minimum absolute atomic E-state index is 0.0508. The first kappa shape index (κ1) is 16.1. The highest BCUT2D eigenvalue weighted by Crippen LogP contribution is 2.21. The summed E-state index contributed by atoms with van der Waals surface area (Å²) in [6.45, 7) is 5.52. The summed E-state index contributed by atoms with van der Waals surface area (Å²) in [5.74, 6) is -0.0338. The topological polar surface area (TPSA) is 72.9 Å². The Bertz CT molecular complexity index is 347. The van der Waals surface area contributed by atoms with Crippen LogP contribution in [0.15, 0.2) is 0 Å². The second kappa shape index (κ2) is 6.47. The smallest absolute Gasteiger partial charge is 0.327 e. The lowest BCUT2D eigenvalue weighted by molar-refractivity contribution is -0.140. The number of nitrogens with one attached hydrogen (secondary N) is 1. The number of carboxylic acid groups (broad SMARTS) is 1. The van der Waals surface area contributed by atoms with E-state index in [1.54, 1.807) is 0 Å². The van der Waals surface area contributed by atoms with Gasteiger partial charge in [0.2, 0.25) is 0 Å². The zero-order chi connectivity index (χ0) is 14.6. The van der Waals surface area contributed by atoms with Gasteiger partial charge in [-0.25, -0.2) is 9.59 Å². The predicted molar refractivity (Wildman–Crippen MR) is 76.3 cm³/mol. The van der Waals surface area contributed by atoms with Gasteiger partial charge in [-0.05, 0) is 19.5 Å². The van der Waals surface area contributed by atoms with E-state index >= 15 is 0 Å². The predicted octanol–water partition coefficient (Wildman–Crippen LogP) is 0.743. The largest absolute Gasteiger partial charge is 0.480 e. The molecule has 0 unspecified atom stereocenters. The average Bonchev–Trinajstić information content (AvgIpc) is 2.73. The van der Waals surface area contributed by atoms with E-state index in [-0.39, 0.29) is 11.4 Å². The lowest BCUT2D eigenvalue weighted by Gasteiger charge is -2.30. The molecular formula is C12H23N3O3S. The van der Waals surface area contributed by atoms with Gasteiger partial charge >= 0.3 is 12.0 Å². The normalized spacial score (nSPS) is 19.8. The molecule has 0 aromatic heterocycles. The molecule has 2 amide bonds. The molecule has 7 heteroatoms. The zero-order valence-electron chi connectivity index (χ0n) is 12.0. The number of thioether (sulfide) groups is 1. The lowest BCUT2D eigenvalue weighted by atomic mass is 9.93. The second-order valence-corrected chi connectivity index (χ2v) is 6.88. The Morgan fingerprint density at radius 2 is 2.11 bits per heavy atom. The van der Waals surface area contributed by atoms with Gasteiger partial charge < -0.3 is 20.2 Å². The number of urea groups is 1. The van der Waals surface area contributed by atoms with E-state index in [1.807, 2.05) is 14.1 Å². The van der Waals surface area contributed by atoms with Crippen LogP contribution in [0.3, 0.4) is 0 Å².